The van der Waals surface area contributed by atoms with Crippen LogP contribution < -0.4 is 0 Å². The number of hydrogen-bond acceptors (Lipinski definition) is 3. The number of aromatic nitrogens is 2. The summed E-state index contributed by atoms with van der Waals surface area (Å²) >= 11 is 0. The zero-order valence-corrected chi connectivity index (χ0v) is 13.3. The van der Waals surface area contributed by atoms with Crippen molar-refractivity contribution in [3.63, 3.8) is 0 Å². The molecule has 0 radical (unpaired) electrons. The highest BCUT2D eigenvalue weighted by molar-refractivity contribution is 5.91. The second kappa shape index (κ2) is 6.52. The van der Waals surface area contributed by atoms with Crippen molar-refractivity contribution in [3.05, 3.63) is 60.3 Å². The smallest absolute Gasteiger partial charge is 0.246 e. The maximum atomic E-state index is 12.2. The Hall–Kier alpha value is -2.82. The Labute approximate surface area is 134 Å². The molecule has 1 aromatic carbocycles. The Morgan fingerprint density at radius 1 is 1.30 bits per heavy atom. The number of likely N-dealkylation sites (N-methyl/N-ethyl adjacent to an activating group) is 1. The number of benzene rings is 1. The molecule has 0 fully saturated rings. The first-order chi connectivity index (χ1) is 11.2. The van der Waals surface area contributed by atoms with Gasteiger partial charge < -0.3 is 13.9 Å². The van der Waals surface area contributed by atoms with Gasteiger partial charge in [0.2, 0.25) is 5.91 Å². The van der Waals surface area contributed by atoms with Crippen LogP contribution >= 0.6 is 0 Å². The zero-order chi connectivity index (χ0) is 16.2. The van der Waals surface area contributed by atoms with Gasteiger partial charge in [0.15, 0.2) is 0 Å². The summed E-state index contributed by atoms with van der Waals surface area (Å²) in [6.07, 6.45) is 4.76. The number of furan rings is 1. The minimum atomic E-state index is -0.0869. The molecule has 23 heavy (non-hydrogen) atoms. The van der Waals surface area contributed by atoms with Crippen molar-refractivity contribution in [2.24, 2.45) is 0 Å². The van der Waals surface area contributed by atoms with E-state index in [2.05, 4.69) is 16.5 Å². The molecule has 5 heteroatoms. The number of rotatable bonds is 5. The van der Waals surface area contributed by atoms with Gasteiger partial charge in [0.25, 0.3) is 0 Å². The van der Waals surface area contributed by atoms with E-state index in [1.165, 1.54) is 6.08 Å². The summed E-state index contributed by atoms with van der Waals surface area (Å²) in [5.41, 5.74) is 2.05. The highest BCUT2D eigenvalue weighted by atomic mass is 16.3. The van der Waals surface area contributed by atoms with Crippen molar-refractivity contribution >= 4 is 23.0 Å². The summed E-state index contributed by atoms with van der Waals surface area (Å²) < 4.78 is 7.32. The number of para-hydroxylation sites is 2. The molecule has 0 aliphatic heterocycles. The maximum absolute atomic E-state index is 12.2. The van der Waals surface area contributed by atoms with Crippen molar-refractivity contribution in [1.29, 1.82) is 0 Å². The minimum Gasteiger partial charge on any atom is -0.465 e. The van der Waals surface area contributed by atoms with Gasteiger partial charge in [-0.25, -0.2) is 4.98 Å². The predicted octanol–water partition coefficient (Wildman–Crippen LogP) is 3.32. The summed E-state index contributed by atoms with van der Waals surface area (Å²) in [6, 6.07) is 11.6. The van der Waals surface area contributed by atoms with Gasteiger partial charge in [-0.1, -0.05) is 12.1 Å². The van der Waals surface area contributed by atoms with Crippen LogP contribution in [0, 0.1) is 0 Å². The molecule has 5 nitrogen and oxygen atoms in total. The molecule has 0 saturated heterocycles. The molecule has 0 saturated carbocycles. The fourth-order valence-electron chi connectivity index (χ4n) is 2.56. The van der Waals surface area contributed by atoms with Gasteiger partial charge in [-0.05, 0) is 37.3 Å². The number of fused-ring (bicyclic) bond motifs is 1. The van der Waals surface area contributed by atoms with Crippen LogP contribution in [0.4, 0.5) is 0 Å². The molecule has 3 rings (SSSR count). The highest BCUT2D eigenvalue weighted by Crippen LogP contribution is 2.17. The van der Waals surface area contributed by atoms with E-state index in [1.54, 1.807) is 36.4 Å². The average molecular weight is 309 g/mol. The molecule has 2 aromatic heterocycles. The maximum Gasteiger partial charge on any atom is 0.246 e. The SMILES string of the molecule is CCn1c(CN(C)C(=O)/C=C\c2ccco2)nc2ccccc21. The summed E-state index contributed by atoms with van der Waals surface area (Å²) in [7, 11) is 1.77. The normalized spacial score (nSPS) is 11.4. The van der Waals surface area contributed by atoms with Crippen LogP contribution in [0.2, 0.25) is 0 Å². The molecular weight excluding hydrogens is 290 g/mol. The number of carbonyl (C=O) groups excluding carboxylic acids is 1. The number of carbonyl (C=O) groups is 1. The van der Waals surface area contributed by atoms with Crippen molar-refractivity contribution in [2.45, 2.75) is 20.0 Å². The first-order valence-electron chi connectivity index (χ1n) is 7.60. The van der Waals surface area contributed by atoms with Gasteiger partial charge in [-0.3, -0.25) is 4.79 Å². The zero-order valence-electron chi connectivity index (χ0n) is 13.3. The lowest BCUT2D eigenvalue weighted by molar-refractivity contribution is -0.125. The molecule has 0 spiro atoms. The number of aryl methyl sites for hydroxylation is 1. The third-order valence-corrected chi connectivity index (χ3v) is 3.74. The molecule has 2 heterocycles. The van der Waals surface area contributed by atoms with Crippen molar-refractivity contribution in [1.82, 2.24) is 14.5 Å². The molecule has 0 aliphatic carbocycles. The van der Waals surface area contributed by atoms with Gasteiger partial charge in [-0.2, -0.15) is 0 Å². The summed E-state index contributed by atoms with van der Waals surface area (Å²) in [5.74, 6) is 1.46. The second-order valence-corrected chi connectivity index (χ2v) is 5.30. The Morgan fingerprint density at radius 3 is 2.87 bits per heavy atom. The average Bonchev–Trinajstić information content (AvgIpc) is 3.19. The Morgan fingerprint density at radius 2 is 2.13 bits per heavy atom. The van der Waals surface area contributed by atoms with Crippen LogP contribution in [0.3, 0.4) is 0 Å². The van der Waals surface area contributed by atoms with E-state index >= 15 is 0 Å². The number of amides is 1. The van der Waals surface area contributed by atoms with E-state index in [0.29, 0.717) is 12.3 Å². The number of imidazole rings is 1. The summed E-state index contributed by atoms with van der Waals surface area (Å²) in [4.78, 5) is 18.5. The summed E-state index contributed by atoms with van der Waals surface area (Å²) in [5, 5.41) is 0. The monoisotopic (exact) mass is 309 g/mol. The van der Waals surface area contributed by atoms with Crippen molar-refractivity contribution in [2.75, 3.05) is 7.05 Å². The topological polar surface area (TPSA) is 51.3 Å². The molecule has 0 bridgehead atoms. The molecule has 3 aromatic rings. The van der Waals surface area contributed by atoms with Crippen molar-refractivity contribution in [3.8, 4) is 0 Å². The fraction of sp³-hybridized carbons (Fsp3) is 0.222. The van der Waals surface area contributed by atoms with E-state index in [4.69, 9.17) is 4.42 Å². The minimum absolute atomic E-state index is 0.0869. The third-order valence-electron chi connectivity index (χ3n) is 3.74. The van der Waals surface area contributed by atoms with E-state index < -0.39 is 0 Å². The highest BCUT2D eigenvalue weighted by Gasteiger charge is 2.13. The van der Waals surface area contributed by atoms with Crippen LogP contribution in [-0.2, 0) is 17.9 Å². The predicted molar refractivity (Wildman–Crippen MR) is 89.6 cm³/mol. The van der Waals surface area contributed by atoms with Crippen LogP contribution in [0.25, 0.3) is 17.1 Å². The summed E-state index contributed by atoms with van der Waals surface area (Å²) in [6.45, 7) is 3.36. The van der Waals surface area contributed by atoms with E-state index in [0.717, 1.165) is 23.4 Å². The van der Waals surface area contributed by atoms with Crippen LogP contribution in [0.5, 0.6) is 0 Å². The largest absolute Gasteiger partial charge is 0.465 e. The van der Waals surface area contributed by atoms with Gasteiger partial charge >= 0.3 is 0 Å². The molecule has 0 N–H and O–H groups in total. The quantitative estimate of drug-likeness (QED) is 0.679. The van der Waals surface area contributed by atoms with Crippen molar-refractivity contribution < 1.29 is 9.21 Å². The Bertz CT molecular complexity index is 831. The molecule has 0 aliphatic rings. The third kappa shape index (κ3) is 3.18. The lowest BCUT2D eigenvalue weighted by atomic mass is 10.3. The van der Waals surface area contributed by atoms with Gasteiger partial charge in [0.1, 0.15) is 11.6 Å². The fourth-order valence-corrected chi connectivity index (χ4v) is 2.56. The molecule has 0 atom stereocenters. The van der Waals surface area contributed by atoms with Crippen LogP contribution in [0.15, 0.2) is 53.2 Å². The molecule has 1 amide bonds. The molecule has 118 valence electrons. The van der Waals surface area contributed by atoms with Crippen LogP contribution in [-0.4, -0.2) is 27.4 Å². The first-order valence-corrected chi connectivity index (χ1v) is 7.60. The van der Waals surface area contributed by atoms with E-state index in [9.17, 15) is 4.79 Å². The molecule has 0 unspecified atom stereocenters. The van der Waals surface area contributed by atoms with Gasteiger partial charge in [-0.15, -0.1) is 0 Å². The van der Waals surface area contributed by atoms with Gasteiger partial charge in [0.05, 0.1) is 23.8 Å². The Kier molecular flexibility index (Phi) is 4.28. The van der Waals surface area contributed by atoms with Gasteiger partial charge in [0, 0.05) is 19.7 Å². The van der Waals surface area contributed by atoms with E-state index in [1.807, 2.05) is 24.3 Å². The van der Waals surface area contributed by atoms with Crippen LogP contribution in [0.1, 0.15) is 18.5 Å². The number of nitrogens with zero attached hydrogens (tertiary/aromatic N) is 3. The standard InChI is InChI=1S/C18H19N3O2/c1-3-21-16-9-5-4-8-15(16)19-17(21)13-20(2)18(22)11-10-14-7-6-12-23-14/h4-12H,3,13H2,1-2H3/b11-10-. The molecular formula is C18H19N3O2. The first kappa shape index (κ1) is 15.1. The lowest BCUT2D eigenvalue weighted by Crippen LogP contribution is -2.26. The second-order valence-electron chi connectivity index (χ2n) is 5.30. The number of hydrogen-bond donors (Lipinski definition) is 0. The lowest BCUT2D eigenvalue weighted by Gasteiger charge is -2.15. The Balaban J connectivity index is 1.77. The van der Waals surface area contributed by atoms with E-state index in [-0.39, 0.29) is 5.91 Å².